The van der Waals surface area contributed by atoms with E-state index in [2.05, 4.69) is 10.3 Å². The van der Waals surface area contributed by atoms with E-state index < -0.39 is 5.91 Å². The van der Waals surface area contributed by atoms with Crippen LogP contribution in [0.5, 0.6) is 5.75 Å². The van der Waals surface area contributed by atoms with Crippen LogP contribution in [0.1, 0.15) is 16.1 Å². The number of phenolic OH excluding ortho intramolecular Hbond substituents is 1. The molecule has 1 heterocycles. The highest BCUT2D eigenvalue weighted by molar-refractivity contribution is 6.03. The van der Waals surface area contributed by atoms with Crippen LogP contribution in [0.25, 0.3) is 0 Å². The molecule has 3 N–H and O–H groups in total. The minimum atomic E-state index is -0.471. The molecule has 0 saturated heterocycles. The number of hydrogen-bond donors (Lipinski definition) is 3. The number of H-pyrrole nitrogens is 1. The number of aromatic hydroxyl groups is 1. The Morgan fingerprint density at radius 1 is 1.09 bits per heavy atom. The molecule has 0 aliphatic rings. The second-order valence-corrected chi connectivity index (χ2v) is 5.02. The largest absolute Gasteiger partial charge is 0.506 e. The topological polar surface area (TPSA) is 87.1 Å². The molecule has 2 aromatic carbocycles. The van der Waals surface area contributed by atoms with Crippen LogP contribution in [-0.2, 0) is 6.54 Å². The Morgan fingerprint density at radius 3 is 2.52 bits per heavy atom. The fourth-order valence-electron chi connectivity index (χ4n) is 2.27. The number of aromatic amines is 1. The summed E-state index contributed by atoms with van der Waals surface area (Å²) in [7, 11) is 0. The first kappa shape index (κ1) is 14.6. The van der Waals surface area contributed by atoms with E-state index >= 15 is 0 Å². The Morgan fingerprint density at radius 2 is 1.78 bits per heavy atom. The lowest BCUT2D eigenvalue weighted by Crippen LogP contribution is -2.24. The fourth-order valence-corrected chi connectivity index (χ4v) is 2.27. The van der Waals surface area contributed by atoms with E-state index in [4.69, 9.17) is 0 Å². The number of carbonyl (C=O) groups excluding carboxylic acids is 1. The van der Waals surface area contributed by atoms with Gasteiger partial charge < -0.3 is 15.4 Å². The number of phenols is 1. The first-order chi connectivity index (χ1) is 11.1. The molecule has 0 unspecified atom stereocenters. The minimum absolute atomic E-state index is 0.0339. The molecule has 0 spiro atoms. The quantitative estimate of drug-likeness (QED) is 0.646. The average molecular weight is 309 g/mol. The zero-order valence-electron chi connectivity index (χ0n) is 12.2. The first-order valence-corrected chi connectivity index (χ1v) is 7.06. The van der Waals surface area contributed by atoms with E-state index in [0.717, 1.165) is 5.56 Å². The first-order valence-electron chi connectivity index (χ1n) is 7.06. The molecule has 0 saturated carbocycles. The number of imidazole rings is 1. The van der Waals surface area contributed by atoms with Gasteiger partial charge in [-0.1, -0.05) is 42.5 Å². The van der Waals surface area contributed by atoms with Crippen LogP contribution in [0.15, 0.2) is 65.6 Å². The van der Waals surface area contributed by atoms with Gasteiger partial charge in [-0.05, 0) is 17.7 Å². The zero-order chi connectivity index (χ0) is 16.2. The third kappa shape index (κ3) is 3.16. The summed E-state index contributed by atoms with van der Waals surface area (Å²) in [6.45, 7) is 0.284. The van der Waals surface area contributed by atoms with Gasteiger partial charge in [0.2, 0.25) is 0 Å². The van der Waals surface area contributed by atoms with Gasteiger partial charge in [0.1, 0.15) is 11.4 Å². The lowest BCUT2D eigenvalue weighted by Gasteiger charge is -2.09. The van der Waals surface area contributed by atoms with E-state index in [1.54, 1.807) is 18.2 Å². The number of nitrogens with zero attached hydrogens (tertiary/aromatic N) is 1. The molecule has 6 heteroatoms. The number of benzene rings is 2. The Hall–Kier alpha value is -3.28. The number of rotatable bonds is 4. The summed E-state index contributed by atoms with van der Waals surface area (Å²) in [6, 6.07) is 15.8. The summed E-state index contributed by atoms with van der Waals surface area (Å²) in [5, 5.41) is 12.3. The highest BCUT2D eigenvalue weighted by atomic mass is 16.3. The van der Waals surface area contributed by atoms with Gasteiger partial charge in [-0.2, -0.15) is 0 Å². The number of carbonyl (C=O) groups is 1. The van der Waals surface area contributed by atoms with Crippen LogP contribution < -0.4 is 11.0 Å². The number of aromatic nitrogens is 2. The fraction of sp³-hybridized carbons (Fsp3) is 0.0588. The Kier molecular flexibility index (Phi) is 3.97. The highest BCUT2D eigenvalue weighted by Gasteiger charge is 2.16. The molecule has 0 atom stereocenters. The zero-order valence-corrected chi connectivity index (χ0v) is 12.2. The van der Waals surface area contributed by atoms with E-state index in [9.17, 15) is 14.7 Å². The lowest BCUT2D eigenvalue weighted by atomic mass is 10.2. The summed E-state index contributed by atoms with van der Waals surface area (Å²) in [5.41, 5.74) is 1.03. The van der Waals surface area contributed by atoms with Crippen molar-refractivity contribution >= 4 is 11.6 Å². The van der Waals surface area contributed by atoms with Crippen molar-refractivity contribution in [2.75, 3.05) is 5.32 Å². The SMILES string of the molecule is O=C(Nc1ccccc1O)c1c[nH]c(=O)n1Cc1ccccc1. The summed E-state index contributed by atoms with van der Waals surface area (Å²) in [5.74, 6) is -0.505. The van der Waals surface area contributed by atoms with Crippen molar-refractivity contribution in [1.82, 2.24) is 9.55 Å². The van der Waals surface area contributed by atoms with E-state index in [1.807, 2.05) is 30.3 Å². The highest BCUT2D eigenvalue weighted by Crippen LogP contribution is 2.22. The molecule has 0 aliphatic heterocycles. The number of nitrogens with one attached hydrogen (secondary N) is 2. The minimum Gasteiger partial charge on any atom is -0.506 e. The number of hydrogen-bond acceptors (Lipinski definition) is 3. The van der Waals surface area contributed by atoms with Crippen molar-refractivity contribution in [1.29, 1.82) is 0 Å². The van der Waals surface area contributed by atoms with Crippen LogP contribution >= 0.6 is 0 Å². The summed E-state index contributed by atoms with van der Waals surface area (Å²) in [6.07, 6.45) is 1.36. The van der Waals surface area contributed by atoms with Gasteiger partial charge in [-0.25, -0.2) is 4.79 Å². The summed E-state index contributed by atoms with van der Waals surface area (Å²) >= 11 is 0. The molecular formula is C17H15N3O3. The molecule has 1 amide bonds. The molecule has 3 rings (SSSR count). The summed E-state index contributed by atoms with van der Waals surface area (Å²) in [4.78, 5) is 26.9. The molecule has 0 aliphatic carbocycles. The van der Waals surface area contributed by atoms with Crippen LogP contribution in [0.4, 0.5) is 5.69 Å². The maximum absolute atomic E-state index is 12.4. The van der Waals surface area contributed by atoms with Crippen molar-refractivity contribution in [3.05, 3.63) is 82.5 Å². The second-order valence-electron chi connectivity index (χ2n) is 5.02. The predicted molar refractivity (Wildman–Crippen MR) is 86.7 cm³/mol. The predicted octanol–water partition coefficient (Wildman–Crippen LogP) is 2.18. The molecule has 1 aromatic heterocycles. The van der Waals surface area contributed by atoms with E-state index in [1.165, 1.54) is 16.8 Å². The van der Waals surface area contributed by atoms with Crippen molar-refractivity contribution in [2.24, 2.45) is 0 Å². The molecule has 0 bridgehead atoms. The molecule has 0 radical (unpaired) electrons. The van der Waals surface area contributed by atoms with Gasteiger partial charge in [0.25, 0.3) is 5.91 Å². The van der Waals surface area contributed by atoms with Crippen molar-refractivity contribution in [3.8, 4) is 5.75 Å². The number of anilines is 1. The lowest BCUT2D eigenvalue weighted by molar-refractivity contribution is 0.101. The van der Waals surface area contributed by atoms with E-state index in [-0.39, 0.29) is 29.4 Å². The van der Waals surface area contributed by atoms with Crippen molar-refractivity contribution < 1.29 is 9.90 Å². The third-order valence-corrected chi connectivity index (χ3v) is 3.44. The monoisotopic (exact) mass is 309 g/mol. The molecule has 6 nitrogen and oxygen atoms in total. The normalized spacial score (nSPS) is 10.4. The van der Waals surface area contributed by atoms with Gasteiger partial charge >= 0.3 is 5.69 Å². The summed E-state index contributed by atoms with van der Waals surface area (Å²) < 4.78 is 1.35. The van der Waals surface area contributed by atoms with Gasteiger partial charge in [-0.3, -0.25) is 9.36 Å². The van der Waals surface area contributed by atoms with Crippen molar-refractivity contribution in [3.63, 3.8) is 0 Å². The van der Waals surface area contributed by atoms with Gasteiger partial charge in [0.15, 0.2) is 0 Å². The molecule has 23 heavy (non-hydrogen) atoms. The van der Waals surface area contributed by atoms with Crippen LogP contribution in [0.3, 0.4) is 0 Å². The second kappa shape index (κ2) is 6.23. The maximum atomic E-state index is 12.4. The molecule has 3 aromatic rings. The van der Waals surface area contributed by atoms with Crippen LogP contribution in [-0.4, -0.2) is 20.6 Å². The molecule has 116 valence electrons. The Labute approximate surface area is 132 Å². The standard InChI is InChI=1S/C17H15N3O3/c21-15-9-5-4-8-13(15)19-16(22)14-10-18-17(23)20(14)11-12-6-2-1-3-7-12/h1-10,21H,11H2,(H,18,23)(H,19,22). The van der Waals surface area contributed by atoms with Gasteiger partial charge in [0, 0.05) is 6.20 Å². The molecular weight excluding hydrogens is 294 g/mol. The van der Waals surface area contributed by atoms with Crippen LogP contribution in [0, 0.1) is 0 Å². The average Bonchev–Trinajstić information content (AvgIpc) is 2.92. The number of para-hydroxylation sites is 2. The van der Waals surface area contributed by atoms with Crippen molar-refractivity contribution in [2.45, 2.75) is 6.54 Å². The Balaban J connectivity index is 1.87. The smallest absolute Gasteiger partial charge is 0.326 e. The maximum Gasteiger partial charge on any atom is 0.326 e. The van der Waals surface area contributed by atoms with Gasteiger partial charge in [-0.15, -0.1) is 0 Å². The third-order valence-electron chi connectivity index (χ3n) is 3.44. The van der Waals surface area contributed by atoms with Crippen LogP contribution in [0.2, 0.25) is 0 Å². The number of amides is 1. The van der Waals surface area contributed by atoms with Gasteiger partial charge in [0.05, 0.1) is 12.2 Å². The van der Waals surface area contributed by atoms with E-state index in [0.29, 0.717) is 0 Å². The Bertz CT molecular complexity index is 881. The molecule has 0 fully saturated rings.